The maximum Gasteiger partial charge on any atom is 0.128 e. The van der Waals surface area contributed by atoms with Crippen LogP contribution in [0.1, 0.15) is 12.5 Å². The van der Waals surface area contributed by atoms with Crippen molar-refractivity contribution in [2.75, 3.05) is 6.54 Å². The van der Waals surface area contributed by atoms with Crippen LogP contribution in [-0.2, 0) is 0 Å². The van der Waals surface area contributed by atoms with Crippen molar-refractivity contribution in [3.8, 4) is 11.5 Å². The molecule has 1 rings (SSSR count). The van der Waals surface area contributed by atoms with E-state index >= 15 is 0 Å². The molecule has 3 nitrogen and oxygen atoms in total. The molecular weight excluding hydrogens is 178 g/mol. The summed E-state index contributed by atoms with van der Waals surface area (Å²) in [6.45, 7) is 5.87. The summed E-state index contributed by atoms with van der Waals surface area (Å²) in [5.41, 5.74) is 1.35. The maximum absolute atomic E-state index is 9.49. The molecule has 0 radical (unpaired) electrons. The van der Waals surface area contributed by atoms with Gasteiger partial charge in [-0.05, 0) is 19.1 Å². The van der Waals surface area contributed by atoms with Gasteiger partial charge in [-0.15, -0.1) is 6.58 Å². The first-order valence-electron chi connectivity index (χ1n) is 4.29. The average molecular weight is 191 g/mol. The first-order chi connectivity index (χ1) is 6.65. The molecule has 0 aliphatic rings. The van der Waals surface area contributed by atoms with Crippen molar-refractivity contribution in [2.24, 2.45) is 4.99 Å². The number of benzene rings is 1. The smallest absolute Gasteiger partial charge is 0.128 e. The largest absolute Gasteiger partial charge is 0.508 e. The molecule has 2 N–H and O–H groups in total. The summed E-state index contributed by atoms with van der Waals surface area (Å²) in [5, 5.41) is 18.6. The van der Waals surface area contributed by atoms with Crippen LogP contribution < -0.4 is 0 Å². The van der Waals surface area contributed by atoms with E-state index in [1.807, 2.05) is 0 Å². The molecular formula is C11H13NO2. The lowest BCUT2D eigenvalue weighted by molar-refractivity contribution is 0.450. The van der Waals surface area contributed by atoms with Crippen molar-refractivity contribution in [3.05, 3.63) is 36.4 Å². The van der Waals surface area contributed by atoms with Crippen LogP contribution in [0.5, 0.6) is 11.5 Å². The van der Waals surface area contributed by atoms with Gasteiger partial charge in [-0.3, -0.25) is 4.99 Å². The van der Waals surface area contributed by atoms with Crippen molar-refractivity contribution in [1.82, 2.24) is 0 Å². The molecule has 1 aromatic carbocycles. The molecule has 0 unspecified atom stereocenters. The van der Waals surface area contributed by atoms with Gasteiger partial charge in [0.2, 0.25) is 0 Å². The van der Waals surface area contributed by atoms with Gasteiger partial charge in [0, 0.05) is 17.3 Å². The standard InChI is InChI=1S/C11H13NO2/c1-3-6-12-8(2)10-5-4-9(13)7-11(10)14/h3-5,7,13-14H,1,6H2,2H3/b12-8+. The fourth-order valence-corrected chi connectivity index (χ4v) is 1.11. The van der Waals surface area contributed by atoms with E-state index in [-0.39, 0.29) is 11.5 Å². The summed E-state index contributed by atoms with van der Waals surface area (Å²) in [5.74, 6) is 0.0816. The molecule has 0 saturated heterocycles. The fourth-order valence-electron chi connectivity index (χ4n) is 1.11. The van der Waals surface area contributed by atoms with Crippen LogP contribution in [0.3, 0.4) is 0 Å². The Balaban J connectivity index is 3.01. The topological polar surface area (TPSA) is 52.8 Å². The molecule has 0 fully saturated rings. The maximum atomic E-state index is 9.49. The van der Waals surface area contributed by atoms with Gasteiger partial charge in [-0.25, -0.2) is 0 Å². The highest BCUT2D eigenvalue weighted by Crippen LogP contribution is 2.22. The van der Waals surface area contributed by atoms with Crippen LogP contribution in [0.25, 0.3) is 0 Å². The van der Waals surface area contributed by atoms with E-state index in [0.717, 1.165) is 5.71 Å². The Hall–Kier alpha value is -1.77. The quantitative estimate of drug-likeness (QED) is 0.567. The molecule has 0 atom stereocenters. The Bertz CT molecular complexity index is 370. The Morgan fingerprint density at radius 2 is 2.21 bits per heavy atom. The van der Waals surface area contributed by atoms with Crippen LogP contribution in [-0.4, -0.2) is 22.5 Å². The summed E-state index contributed by atoms with van der Waals surface area (Å²) < 4.78 is 0. The molecule has 0 aromatic heterocycles. The molecule has 0 aliphatic heterocycles. The molecule has 0 heterocycles. The molecule has 74 valence electrons. The average Bonchev–Trinajstić information content (AvgIpc) is 2.14. The van der Waals surface area contributed by atoms with Gasteiger partial charge in [0.05, 0.1) is 6.54 Å². The van der Waals surface area contributed by atoms with Crippen LogP contribution >= 0.6 is 0 Å². The highest BCUT2D eigenvalue weighted by atomic mass is 16.3. The van der Waals surface area contributed by atoms with Gasteiger partial charge in [-0.2, -0.15) is 0 Å². The predicted octanol–water partition coefficient (Wildman–Crippen LogP) is 2.09. The number of hydrogen-bond donors (Lipinski definition) is 2. The number of rotatable bonds is 3. The predicted molar refractivity (Wildman–Crippen MR) is 57.0 cm³/mol. The van der Waals surface area contributed by atoms with Crippen molar-refractivity contribution in [3.63, 3.8) is 0 Å². The number of phenolic OH excluding ortho intramolecular Hbond substituents is 2. The van der Waals surface area contributed by atoms with Gasteiger partial charge >= 0.3 is 0 Å². The Kier molecular flexibility index (Phi) is 3.29. The zero-order valence-electron chi connectivity index (χ0n) is 8.07. The van der Waals surface area contributed by atoms with Crippen molar-refractivity contribution in [2.45, 2.75) is 6.92 Å². The highest BCUT2D eigenvalue weighted by Gasteiger charge is 2.04. The van der Waals surface area contributed by atoms with E-state index in [0.29, 0.717) is 12.1 Å². The molecule has 0 saturated carbocycles. The van der Waals surface area contributed by atoms with Crippen LogP contribution in [0, 0.1) is 0 Å². The molecule has 14 heavy (non-hydrogen) atoms. The number of nitrogens with zero attached hydrogens (tertiary/aromatic N) is 1. The normalized spacial score (nSPS) is 11.4. The summed E-state index contributed by atoms with van der Waals surface area (Å²) in [6, 6.07) is 4.44. The second-order valence-electron chi connectivity index (χ2n) is 2.92. The van der Waals surface area contributed by atoms with Gasteiger partial charge < -0.3 is 10.2 Å². The van der Waals surface area contributed by atoms with E-state index in [2.05, 4.69) is 11.6 Å². The summed E-state index contributed by atoms with van der Waals surface area (Å²) in [6.07, 6.45) is 1.68. The first-order valence-corrected chi connectivity index (χ1v) is 4.29. The molecule has 1 aromatic rings. The minimum atomic E-state index is 0.0373. The Morgan fingerprint density at radius 1 is 1.50 bits per heavy atom. The third kappa shape index (κ3) is 2.36. The number of phenols is 2. The fraction of sp³-hybridized carbons (Fsp3) is 0.182. The van der Waals surface area contributed by atoms with Crippen LogP contribution in [0.4, 0.5) is 0 Å². The molecule has 0 spiro atoms. The van der Waals surface area contributed by atoms with E-state index < -0.39 is 0 Å². The van der Waals surface area contributed by atoms with E-state index in [4.69, 9.17) is 5.11 Å². The monoisotopic (exact) mass is 191 g/mol. The Labute approximate surface area is 83.1 Å². The van der Waals surface area contributed by atoms with Crippen LogP contribution in [0.2, 0.25) is 0 Å². The SMILES string of the molecule is C=CC/N=C(\C)c1ccc(O)cc1O. The van der Waals surface area contributed by atoms with Gasteiger partial charge in [0.15, 0.2) is 0 Å². The second-order valence-corrected chi connectivity index (χ2v) is 2.92. The molecule has 0 aliphatic carbocycles. The first kappa shape index (κ1) is 10.3. The number of aliphatic imine (C=N–C) groups is 1. The minimum Gasteiger partial charge on any atom is -0.508 e. The number of aromatic hydroxyl groups is 2. The van der Waals surface area contributed by atoms with Crippen molar-refractivity contribution in [1.29, 1.82) is 0 Å². The van der Waals surface area contributed by atoms with Crippen LogP contribution in [0.15, 0.2) is 35.8 Å². The van der Waals surface area contributed by atoms with Crippen molar-refractivity contribution >= 4 is 5.71 Å². The van der Waals surface area contributed by atoms with Gasteiger partial charge in [0.25, 0.3) is 0 Å². The summed E-state index contributed by atoms with van der Waals surface area (Å²) in [4.78, 5) is 4.16. The van der Waals surface area contributed by atoms with E-state index in [9.17, 15) is 5.11 Å². The lowest BCUT2D eigenvalue weighted by Crippen LogP contribution is -1.95. The van der Waals surface area contributed by atoms with Gasteiger partial charge in [0.1, 0.15) is 11.5 Å². The van der Waals surface area contributed by atoms with E-state index in [1.54, 1.807) is 19.1 Å². The third-order valence-electron chi connectivity index (χ3n) is 1.83. The highest BCUT2D eigenvalue weighted by molar-refractivity contribution is 6.01. The van der Waals surface area contributed by atoms with Crippen molar-refractivity contribution < 1.29 is 10.2 Å². The Morgan fingerprint density at radius 3 is 2.79 bits per heavy atom. The second kappa shape index (κ2) is 4.46. The molecule has 0 amide bonds. The summed E-state index contributed by atoms with van der Waals surface area (Å²) >= 11 is 0. The molecule has 0 bridgehead atoms. The lowest BCUT2D eigenvalue weighted by Gasteiger charge is -2.03. The van der Waals surface area contributed by atoms with Gasteiger partial charge in [-0.1, -0.05) is 6.08 Å². The third-order valence-corrected chi connectivity index (χ3v) is 1.83. The zero-order chi connectivity index (χ0) is 10.6. The molecule has 3 heteroatoms. The van der Waals surface area contributed by atoms with E-state index in [1.165, 1.54) is 12.1 Å². The zero-order valence-corrected chi connectivity index (χ0v) is 8.07. The lowest BCUT2D eigenvalue weighted by atomic mass is 10.1. The number of hydrogen-bond acceptors (Lipinski definition) is 3. The minimum absolute atomic E-state index is 0.0373. The summed E-state index contributed by atoms with van der Waals surface area (Å²) in [7, 11) is 0.